The van der Waals surface area contributed by atoms with Crippen molar-refractivity contribution < 1.29 is 13.6 Å². The molecule has 3 aliphatic rings. The molecule has 1 aliphatic carbocycles. The molecule has 1 saturated heterocycles. The zero-order valence-corrected chi connectivity index (χ0v) is 28.0. The number of alkyl halides is 2. The van der Waals surface area contributed by atoms with Crippen molar-refractivity contribution in [1.82, 2.24) is 9.88 Å². The van der Waals surface area contributed by atoms with E-state index in [4.69, 9.17) is 4.99 Å². The number of rotatable bonds is 11. The molecule has 0 radical (unpaired) electrons. The Kier molecular flexibility index (Phi) is 9.17. The summed E-state index contributed by atoms with van der Waals surface area (Å²) in [6, 6.07) is 14.4. The van der Waals surface area contributed by atoms with Crippen LogP contribution in [0.4, 0.5) is 14.5 Å². The first-order valence-electron chi connectivity index (χ1n) is 17.1. The van der Waals surface area contributed by atoms with Crippen molar-refractivity contribution >= 4 is 17.3 Å². The molecule has 244 valence electrons. The van der Waals surface area contributed by atoms with Crippen LogP contribution in [0.5, 0.6) is 0 Å². The lowest BCUT2D eigenvalue weighted by Gasteiger charge is -2.31. The molecule has 2 fully saturated rings. The van der Waals surface area contributed by atoms with Gasteiger partial charge in [-0.3, -0.25) is 19.7 Å². The van der Waals surface area contributed by atoms with Crippen LogP contribution in [0.25, 0.3) is 11.1 Å². The Bertz CT molecular complexity index is 1620. The molecule has 6 rings (SSSR count). The van der Waals surface area contributed by atoms with Gasteiger partial charge in [-0.1, -0.05) is 58.2 Å². The standard InChI is InChI=1S/C39H48F2N4O/c1-6-25(2)8-7-9-31-21-38(31,5)35-13-11-32(18-26(35)3)44-37(46)36-34-20-29(10-12-33(34)27(4)43-36)30-19-28(22-42-23-30)24-45-16-14-39(40,41)15-17-45/h10-13,18-20,22-23,25,27,31H,6-9,14-17,21,24H2,1-5H3,(H,44,46)/t25?,27-,31?,38+/m0/s1. The van der Waals surface area contributed by atoms with Crippen molar-refractivity contribution in [3.8, 4) is 11.1 Å². The summed E-state index contributed by atoms with van der Waals surface area (Å²) in [5, 5.41) is 3.13. The minimum atomic E-state index is -2.56. The number of hydrogen-bond donors (Lipinski definition) is 1. The molecule has 1 N–H and O–H groups in total. The molecular weight excluding hydrogens is 578 g/mol. The Morgan fingerprint density at radius 2 is 1.87 bits per heavy atom. The van der Waals surface area contributed by atoms with Gasteiger partial charge in [0.25, 0.3) is 11.8 Å². The van der Waals surface area contributed by atoms with Crippen molar-refractivity contribution in [2.45, 2.75) is 103 Å². The lowest BCUT2D eigenvalue weighted by Crippen LogP contribution is -2.38. The van der Waals surface area contributed by atoms with E-state index in [1.54, 1.807) is 6.20 Å². The summed E-state index contributed by atoms with van der Waals surface area (Å²) in [5.74, 6) is -1.22. The van der Waals surface area contributed by atoms with E-state index in [9.17, 15) is 13.6 Å². The average Bonchev–Trinajstić information content (AvgIpc) is 3.57. The van der Waals surface area contributed by atoms with Crippen LogP contribution in [0.15, 0.2) is 59.9 Å². The number of likely N-dealkylation sites (tertiary alicyclic amines) is 1. The maximum atomic E-state index is 13.6. The summed E-state index contributed by atoms with van der Waals surface area (Å²) in [5.41, 5.74) is 8.82. The van der Waals surface area contributed by atoms with E-state index in [0.29, 0.717) is 25.3 Å². The number of halogens is 2. The highest BCUT2D eigenvalue weighted by molar-refractivity contribution is 6.50. The van der Waals surface area contributed by atoms with E-state index in [-0.39, 0.29) is 30.2 Å². The second-order valence-electron chi connectivity index (χ2n) is 14.4. The number of carbonyl (C=O) groups is 1. The van der Waals surface area contributed by atoms with Gasteiger partial charge in [-0.2, -0.15) is 0 Å². The van der Waals surface area contributed by atoms with Crippen LogP contribution in [0, 0.1) is 18.8 Å². The Morgan fingerprint density at radius 3 is 2.61 bits per heavy atom. The fourth-order valence-electron chi connectivity index (χ4n) is 7.54. The third-order valence-electron chi connectivity index (χ3n) is 10.9. The summed E-state index contributed by atoms with van der Waals surface area (Å²) in [6.45, 7) is 12.5. The van der Waals surface area contributed by atoms with Gasteiger partial charge in [0.15, 0.2) is 0 Å². The van der Waals surface area contributed by atoms with E-state index in [1.807, 2.05) is 37.4 Å². The number of carbonyl (C=O) groups excluding carboxylic acids is 1. The molecule has 0 spiro atoms. The number of hydrogen-bond acceptors (Lipinski definition) is 4. The first-order chi connectivity index (χ1) is 22.0. The van der Waals surface area contributed by atoms with Crippen LogP contribution in [0.1, 0.15) is 106 Å². The highest BCUT2D eigenvalue weighted by Crippen LogP contribution is 2.57. The molecule has 2 aliphatic heterocycles. The number of fused-ring (bicyclic) bond motifs is 1. The van der Waals surface area contributed by atoms with Crippen molar-refractivity contribution in [2.24, 2.45) is 16.8 Å². The zero-order chi connectivity index (χ0) is 32.6. The predicted molar refractivity (Wildman–Crippen MR) is 183 cm³/mol. The third-order valence-corrected chi connectivity index (χ3v) is 10.9. The topological polar surface area (TPSA) is 57.6 Å². The monoisotopic (exact) mass is 626 g/mol. The van der Waals surface area contributed by atoms with Crippen LogP contribution in [0.2, 0.25) is 0 Å². The highest BCUT2D eigenvalue weighted by Gasteiger charge is 2.50. The van der Waals surface area contributed by atoms with Gasteiger partial charge in [-0.05, 0) is 96.0 Å². The van der Waals surface area contributed by atoms with Gasteiger partial charge in [0.1, 0.15) is 5.71 Å². The summed E-state index contributed by atoms with van der Waals surface area (Å²) in [6.07, 6.45) is 9.81. The Morgan fingerprint density at radius 1 is 1.09 bits per heavy atom. The van der Waals surface area contributed by atoms with Crippen molar-refractivity contribution in [3.63, 3.8) is 0 Å². The first kappa shape index (κ1) is 32.5. The number of anilines is 1. The third kappa shape index (κ3) is 6.95. The second kappa shape index (κ2) is 13.0. The summed E-state index contributed by atoms with van der Waals surface area (Å²) in [7, 11) is 0. The van der Waals surface area contributed by atoms with Crippen LogP contribution >= 0.6 is 0 Å². The molecule has 5 nitrogen and oxygen atoms in total. The number of pyridine rings is 1. The second-order valence-corrected chi connectivity index (χ2v) is 14.4. The SMILES string of the molecule is CCC(C)CCCC1C[C@@]1(C)c1ccc(NC(=O)C2=N[C@@H](C)c3ccc(-c4cncc(CN5CCC(F)(F)CC5)c4)cc32)cc1C. The number of nitrogens with one attached hydrogen (secondary N) is 1. The lowest BCUT2D eigenvalue weighted by atomic mass is 9.89. The normalized spacial score (nSPS) is 24.3. The molecule has 1 amide bonds. The fourth-order valence-corrected chi connectivity index (χ4v) is 7.54. The minimum Gasteiger partial charge on any atom is -0.321 e. The minimum absolute atomic E-state index is 0.102. The fraction of sp³-hybridized carbons (Fsp3) is 0.513. The average molecular weight is 627 g/mol. The van der Waals surface area contributed by atoms with E-state index < -0.39 is 5.92 Å². The highest BCUT2D eigenvalue weighted by atomic mass is 19.3. The van der Waals surface area contributed by atoms with E-state index in [2.05, 4.69) is 61.1 Å². The number of aliphatic imine (C=N–C) groups is 1. The molecule has 1 saturated carbocycles. The molecule has 1 aromatic heterocycles. The van der Waals surface area contributed by atoms with Crippen LogP contribution < -0.4 is 5.32 Å². The molecule has 3 heterocycles. The van der Waals surface area contributed by atoms with Crippen molar-refractivity contribution in [3.05, 3.63) is 82.7 Å². The Balaban J connectivity index is 1.13. The molecule has 7 heteroatoms. The van der Waals surface area contributed by atoms with Crippen LogP contribution in [-0.4, -0.2) is 40.5 Å². The molecule has 0 bridgehead atoms. The number of aromatic nitrogens is 1. The van der Waals surface area contributed by atoms with Crippen LogP contribution in [-0.2, 0) is 16.8 Å². The van der Waals surface area contributed by atoms with Gasteiger partial charge in [0.2, 0.25) is 0 Å². The quantitative estimate of drug-likeness (QED) is 0.231. The molecule has 2 aromatic carbocycles. The van der Waals surface area contributed by atoms with Gasteiger partial charge in [0, 0.05) is 61.7 Å². The number of nitrogens with zero attached hydrogens (tertiary/aromatic N) is 3. The molecular formula is C39H48F2N4O. The molecule has 2 unspecified atom stereocenters. The molecule has 4 atom stereocenters. The van der Waals surface area contributed by atoms with E-state index >= 15 is 0 Å². The van der Waals surface area contributed by atoms with Crippen molar-refractivity contribution in [1.29, 1.82) is 0 Å². The summed E-state index contributed by atoms with van der Waals surface area (Å²) >= 11 is 0. The Labute approximate surface area is 272 Å². The van der Waals surface area contributed by atoms with Gasteiger partial charge in [0.05, 0.1) is 6.04 Å². The zero-order valence-electron chi connectivity index (χ0n) is 28.0. The van der Waals surface area contributed by atoms with E-state index in [0.717, 1.165) is 45.3 Å². The van der Waals surface area contributed by atoms with Gasteiger partial charge >= 0.3 is 0 Å². The predicted octanol–water partition coefficient (Wildman–Crippen LogP) is 9.28. The molecule has 3 aromatic rings. The lowest BCUT2D eigenvalue weighted by molar-refractivity contribution is -0.110. The first-order valence-corrected chi connectivity index (χ1v) is 17.1. The number of benzene rings is 2. The van der Waals surface area contributed by atoms with Gasteiger partial charge < -0.3 is 5.32 Å². The number of piperidine rings is 1. The maximum Gasteiger partial charge on any atom is 0.274 e. The summed E-state index contributed by atoms with van der Waals surface area (Å²) in [4.78, 5) is 24.9. The maximum absolute atomic E-state index is 13.6. The number of amides is 1. The molecule has 46 heavy (non-hydrogen) atoms. The van der Waals surface area contributed by atoms with Crippen molar-refractivity contribution in [2.75, 3.05) is 18.4 Å². The van der Waals surface area contributed by atoms with Gasteiger partial charge in [-0.15, -0.1) is 0 Å². The van der Waals surface area contributed by atoms with Gasteiger partial charge in [-0.25, -0.2) is 8.78 Å². The van der Waals surface area contributed by atoms with E-state index in [1.165, 1.54) is 43.2 Å². The summed E-state index contributed by atoms with van der Waals surface area (Å²) < 4.78 is 27.3. The largest absolute Gasteiger partial charge is 0.321 e. The van der Waals surface area contributed by atoms with Crippen LogP contribution in [0.3, 0.4) is 0 Å². The number of aryl methyl sites for hydroxylation is 1. The smallest absolute Gasteiger partial charge is 0.274 e. The Hall–Kier alpha value is -3.45.